The van der Waals surface area contributed by atoms with Crippen molar-refractivity contribution in [3.8, 4) is 11.5 Å². The van der Waals surface area contributed by atoms with Crippen molar-refractivity contribution in [2.45, 2.75) is 58.4 Å². The van der Waals surface area contributed by atoms with Gasteiger partial charge in [0.25, 0.3) is 0 Å². The van der Waals surface area contributed by atoms with E-state index in [0.29, 0.717) is 17.7 Å². The first kappa shape index (κ1) is 22.9. The van der Waals surface area contributed by atoms with Gasteiger partial charge in [-0.2, -0.15) is 13.2 Å². The molecule has 1 N–H and O–H groups in total. The zero-order valence-corrected chi connectivity index (χ0v) is 18.1. The summed E-state index contributed by atoms with van der Waals surface area (Å²) in [5.41, 5.74) is -1.48. The number of aliphatic hydroxyl groups is 1. The molecule has 0 fully saturated rings. The first-order chi connectivity index (χ1) is 14.3. The minimum Gasteiger partial charge on any atom is -0.508 e. The summed E-state index contributed by atoms with van der Waals surface area (Å²) in [4.78, 5) is 13.1. The molecule has 1 aliphatic rings. The first-order valence-electron chi connectivity index (χ1n) is 9.93. The lowest BCUT2D eigenvalue weighted by molar-refractivity contribution is -0.158. The van der Waals surface area contributed by atoms with Gasteiger partial charge >= 0.3 is 6.18 Å². The maximum Gasteiger partial charge on any atom is 0.416 e. The van der Waals surface area contributed by atoms with E-state index in [4.69, 9.17) is 9.47 Å². The monoisotopic (exact) mass is 434 g/mol. The van der Waals surface area contributed by atoms with Crippen LogP contribution < -0.4 is 4.74 Å². The van der Waals surface area contributed by atoms with Gasteiger partial charge in [-0.25, -0.2) is 0 Å². The van der Waals surface area contributed by atoms with E-state index in [2.05, 4.69) is 0 Å². The number of hydrogen-bond acceptors (Lipinski definition) is 4. The molecular weight excluding hydrogens is 409 g/mol. The topological polar surface area (TPSA) is 55.8 Å². The Labute approximate surface area is 179 Å². The molecule has 2 aromatic carbocycles. The van der Waals surface area contributed by atoms with E-state index in [1.165, 1.54) is 12.1 Å². The first-order valence-corrected chi connectivity index (χ1v) is 9.93. The number of aryl methyl sites for hydroxylation is 1. The van der Waals surface area contributed by atoms with E-state index >= 15 is 0 Å². The molecule has 0 atom stereocenters. The Morgan fingerprint density at radius 1 is 0.968 bits per heavy atom. The number of ether oxygens (including phenoxy) is 2. The lowest BCUT2D eigenvalue weighted by atomic mass is 9.81. The molecular formula is C24H25F3O4. The van der Waals surface area contributed by atoms with Crippen LogP contribution in [0, 0.1) is 0 Å². The van der Waals surface area contributed by atoms with Crippen LogP contribution in [0.2, 0.25) is 0 Å². The van der Waals surface area contributed by atoms with Gasteiger partial charge in [0.15, 0.2) is 5.78 Å². The summed E-state index contributed by atoms with van der Waals surface area (Å²) in [6, 6.07) is 9.43. The molecule has 166 valence electrons. The van der Waals surface area contributed by atoms with Crippen LogP contribution in [0.15, 0.2) is 48.2 Å². The van der Waals surface area contributed by atoms with Crippen LogP contribution in [0.3, 0.4) is 0 Å². The number of hydrogen-bond donors (Lipinski definition) is 1. The summed E-state index contributed by atoms with van der Waals surface area (Å²) in [6.07, 6.45) is -3.83. The Kier molecular flexibility index (Phi) is 5.69. The van der Waals surface area contributed by atoms with E-state index in [1.54, 1.807) is 45.9 Å². The van der Waals surface area contributed by atoms with E-state index < -0.39 is 22.9 Å². The summed E-state index contributed by atoms with van der Waals surface area (Å²) < 4.78 is 49.9. The third-order valence-electron chi connectivity index (χ3n) is 5.24. The molecule has 1 aliphatic heterocycles. The van der Waals surface area contributed by atoms with E-state index in [-0.39, 0.29) is 22.9 Å². The van der Waals surface area contributed by atoms with Crippen molar-refractivity contribution in [2.24, 2.45) is 0 Å². The van der Waals surface area contributed by atoms with Crippen molar-refractivity contribution in [3.63, 3.8) is 0 Å². The molecule has 1 heterocycles. The van der Waals surface area contributed by atoms with Crippen LogP contribution in [0.25, 0.3) is 5.57 Å². The van der Waals surface area contributed by atoms with Crippen molar-refractivity contribution in [1.29, 1.82) is 0 Å². The highest BCUT2D eigenvalue weighted by molar-refractivity contribution is 6.26. The quantitative estimate of drug-likeness (QED) is 0.598. The van der Waals surface area contributed by atoms with Crippen molar-refractivity contribution in [3.05, 3.63) is 64.9 Å². The number of carbonyl (C=O) groups excluding carboxylic acids is 1. The number of rotatable bonds is 4. The smallest absolute Gasteiger partial charge is 0.416 e. The Balaban J connectivity index is 2.04. The fourth-order valence-corrected chi connectivity index (χ4v) is 3.70. The normalized spacial score (nSPS) is 18.3. The van der Waals surface area contributed by atoms with Crippen LogP contribution in [0.5, 0.6) is 11.5 Å². The van der Waals surface area contributed by atoms with Gasteiger partial charge in [0.1, 0.15) is 28.5 Å². The molecule has 0 aromatic heterocycles. The number of alkyl halides is 3. The number of halogens is 3. The molecule has 3 rings (SSSR count). The summed E-state index contributed by atoms with van der Waals surface area (Å²) in [6.45, 7) is 8.59. The van der Waals surface area contributed by atoms with Gasteiger partial charge in [-0.15, -0.1) is 0 Å². The lowest BCUT2D eigenvalue weighted by Crippen LogP contribution is -2.49. The average molecular weight is 434 g/mol. The van der Waals surface area contributed by atoms with Crippen molar-refractivity contribution < 1.29 is 32.5 Å². The highest BCUT2D eigenvalue weighted by atomic mass is 19.4. The molecule has 0 unspecified atom stereocenters. The van der Waals surface area contributed by atoms with E-state index in [1.807, 2.05) is 6.92 Å². The largest absolute Gasteiger partial charge is 0.508 e. The number of ketones is 1. The third-order valence-corrected chi connectivity index (χ3v) is 5.24. The maximum absolute atomic E-state index is 13.1. The molecule has 0 saturated carbocycles. The number of benzene rings is 2. The molecule has 0 aliphatic carbocycles. The fraction of sp³-hybridized carbons (Fsp3) is 0.375. The van der Waals surface area contributed by atoms with Crippen molar-refractivity contribution in [1.82, 2.24) is 0 Å². The SMILES string of the molecule is CCc1ccc(Oc2ccc(C(F)(F)F)cc2)cc1C1=C(O)C(C)(C)OC(C)(C)C1=O. The molecule has 4 nitrogen and oxygen atoms in total. The second-order valence-electron chi connectivity index (χ2n) is 8.47. The summed E-state index contributed by atoms with van der Waals surface area (Å²) in [5, 5.41) is 10.8. The van der Waals surface area contributed by atoms with E-state index in [9.17, 15) is 23.1 Å². The Morgan fingerprint density at radius 3 is 2.10 bits per heavy atom. The Morgan fingerprint density at radius 2 is 1.55 bits per heavy atom. The summed E-state index contributed by atoms with van der Waals surface area (Å²) >= 11 is 0. The highest BCUT2D eigenvalue weighted by Crippen LogP contribution is 2.42. The zero-order valence-electron chi connectivity index (χ0n) is 18.1. The Hall–Kier alpha value is -2.80. The van der Waals surface area contributed by atoms with Crippen molar-refractivity contribution in [2.75, 3.05) is 0 Å². The highest BCUT2D eigenvalue weighted by Gasteiger charge is 2.47. The van der Waals surface area contributed by atoms with Gasteiger partial charge in [-0.05, 0) is 81.6 Å². The molecule has 0 saturated heterocycles. The minimum atomic E-state index is -4.43. The molecule has 0 spiro atoms. The van der Waals surface area contributed by atoms with Gasteiger partial charge in [0.05, 0.1) is 11.1 Å². The second kappa shape index (κ2) is 7.71. The van der Waals surface area contributed by atoms with Gasteiger partial charge in [0.2, 0.25) is 0 Å². The summed E-state index contributed by atoms with van der Waals surface area (Å²) in [5.74, 6) is 0.0337. The van der Waals surface area contributed by atoms with Gasteiger partial charge in [-0.1, -0.05) is 13.0 Å². The zero-order chi connectivity index (χ0) is 23.2. The maximum atomic E-state index is 13.1. The Bertz CT molecular complexity index is 1030. The van der Waals surface area contributed by atoms with Crippen LogP contribution >= 0.6 is 0 Å². The number of carbonyl (C=O) groups is 1. The molecule has 0 bridgehead atoms. The standard InChI is InChI=1S/C24H25F3O4/c1-6-14-7-10-17(30-16-11-8-15(9-12-16)24(25,26)27)13-18(14)19-20(28)22(2,3)31-23(4,5)21(19)29/h7-13,28H,6H2,1-5H3. The van der Waals surface area contributed by atoms with Gasteiger partial charge in [-0.3, -0.25) is 4.79 Å². The molecule has 0 amide bonds. The van der Waals surface area contributed by atoms with Gasteiger partial charge < -0.3 is 14.6 Å². The van der Waals surface area contributed by atoms with Crippen LogP contribution in [0.4, 0.5) is 13.2 Å². The van der Waals surface area contributed by atoms with Crippen LogP contribution in [-0.2, 0) is 22.1 Å². The fourth-order valence-electron chi connectivity index (χ4n) is 3.70. The number of Topliss-reactive ketones (excluding diaryl/α,β-unsaturated/α-hetero) is 1. The second-order valence-corrected chi connectivity index (χ2v) is 8.47. The molecule has 7 heteroatoms. The van der Waals surface area contributed by atoms with Gasteiger partial charge in [0, 0.05) is 0 Å². The average Bonchev–Trinajstić information content (AvgIpc) is 2.66. The van der Waals surface area contributed by atoms with Crippen LogP contribution in [0.1, 0.15) is 51.3 Å². The predicted molar refractivity (Wildman–Crippen MR) is 111 cm³/mol. The number of aliphatic hydroxyl groups excluding tert-OH is 1. The minimum absolute atomic E-state index is 0.163. The van der Waals surface area contributed by atoms with Crippen molar-refractivity contribution >= 4 is 11.4 Å². The third kappa shape index (κ3) is 4.46. The van der Waals surface area contributed by atoms with Crippen LogP contribution in [-0.4, -0.2) is 22.1 Å². The summed E-state index contributed by atoms with van der Waals surface area (Å²) in [7, 11) is 0. The predicted octanol–water partition coefficient (Wildman–Crippen LogP) is 6.49. The molecule has 31 heavy (non-hydrogen) atoms. The van der Waals surface area contributed by atoms with E-state index in [0.717, 1.165) is 17.7 Å². The molecule has 2 aromatic rings. The molecule has 0 radical (unpaired) electrons. The lowest BCUT2D eigenvalue weighted by Gasteiger charge is -2.40.